The molecule has 0 radical (unpaired) electrons. The van der Waals surface area contributed by atoms with Gasteiger partial charge in [0.25, 0.3) is 0 Å². The van der Waals surface area contributed by atoms with E-state index in [9.17, 15) is 8.78 Å². The largest absolute Gasteiger partial charge is 0.457 e. The number of hydrogen-bond donors (Lipinski definition) is 1. The normalized spacial score (nSPS) is 10.5. The van der Waals surface area contributed by atoms with E-state index in [1.807, 2.05) is 13.1 Å². The van der Waals surface area contributed by atoms with Crippen molar-refractivity contribution in [1.29, 1.82) is 0 Å². The molecule has 0 aliphatic rings. The zero-order valence-corrected chi connectivity index (χ0v) is 11.8. The maximum Gasteiger partial charge on any atom is 0.133 e. The van der Waals surface area contributed by atoms with Crippen molar-refractivity contribution in [3.8, 4) is 11.5 Å². The predicted octanol–water partition coefficient (Wildman–Crippen LogP) is 4.24. The van der Waals surface area contributed by atoms with Crippen LogP contribution in [0.5, 0.6) is 11.5 Å². The van der Waals surface area contributed by atoms with Gasteiger partial charge in [0, 0.05) is 29.2 Å². The second-order valence-electron chi connectivity index (χ2n) is 3.99. The molecule has 0 fully saturated rings. The van der Waals surface area contributed by atoms with Gasteiger partial charge in [0.05, 0.1) is 0 Å². The van der Waals surface area contributed by atoms with Crippen molar-refractivity contribution in [2.75, 3.05) is 7.05 Å². The second-order valence-corrected chi connectivity index (χ2v) is 4.85. The van der Waals surface area contributed by atoms with Gasteiger partial charge in [0.15, 0.2) is 0 Å². The minimum atomic E-state index is -0.666. The number of ether oxygens (including phenoxy) is 1. The first-order chi connectivity index (χ1) is 9.08. The van der Waals surface area contributed by atoms with Crippen LogP contribution in [0.2, 0.25) is 0 Å². The third kappa shape index (κ3) is 3.75. The van der Waals surface area contributed by atoms with Crippen molar-refractivity contribution >= 4 is 15.9 Å². The molecule has 5 heteroatoms. The van der Waals surface area contributed by atoms with E-state index in [0.29, 0.717) is 5.75 Å². The third-order valence-corrected chi connectivity index (χ3v) is 3.20. The quantitative estimate of drug-likeness (QED) is 0.906. The fourth-order valence-corrected chi connectivity index (χ4v) is 2.15. The lowest BCUT2D eigenvalue weighted by Gasteiger charge is -2.09. The highest BCUT2D eigenvalue weighted by molar-refractivity contribution is 9.10. The Morgan fingerprint density at radius 2 is 1.74 bits per heavy atom. The molecule has 0 unspecified atom stereocenters. The van der Waals surface area contributed by atoms with Gasteiger partial charge >= 0.3 is 0 Å². The van der Waals surface area contributed by atoms with Gasteiger partial charge in [-0.1, -0.05) is 22.0 Å². The van der Waals surface area contributed by atoms with Crippen LogP contribution in [-0.4, -0.2) is 7.05 Å². The first-order valence-electron chi connectivity index (χ1n) is 5.65. The molecule has 19 heavy (non-hydrogen) atoms. The van der Waals surface area contributed by atoms with Crippen molar-refractivity contribution in [1.82, 2.24) is 5.32 Å². The van der Waals surface area contributed by atoms with E-state index < -0.39 is 11.6 Å². The summed E-state index contributed by atoms with van der Waals surface area (Å²) in [5, 5.41) is 3.04. The number of benzene rings is 2. The Morgan fingerprint density at radius 1 is 1.05 bits per heavy atom. The Labute approximate surface area is 118 Å². The third-order valence-electron chi connectivity index (χ3n) is 2.46. The number of nitrogens with one attached hydrogen (secondary N) is 1. The van der Waals surface area contributed by atoms with Crippen molar-refractivity contribution in [2.24, 2.45) is 0 Å². The SMILES string of the molecule is CNCc1ccc(Oc2cc(F)cc(F)c2)cc1Br. The van der Waals surface area contributed by atoms with Gasteiger partial charge in [0.2, 0.25) is 0 Å². The Balaban J connectivity index is 2.21. The molecule has 0 bridgehead atoms. The van der Waals surface area contributed by atoms with Crippen molar-refractivity contribution in [3.05, 3.63) is 58.1 Å². The van der Waals surface area contributed by atoms with Crippen molar-refractivity contribution < 1.29 is 13.5 Å². The fraction of sp³-hybridized carbons (Fsp3) is 0.143. The standard InChI is InChI=1S/C14H12BrF2NO/c1-18-8-9-2-3-12(7-14(9)15)19-13-5-10(16)4-11(17)6-13/h2-7,18H,8H2,1H3. The van der Waals surface area contributed by atoms with E-state index in [0.717, 1.165) is 34.8 Å². The summed E-state index contributed by atoms with van der Waals surface area (Å²) in [7, 11) is 1.85. The lowest BCUT2D eigenvalue weighted by molar-refractivity contribution is 0.468. The molecule has 100 valence electrons. The van der Waals surface area contributed by atoms with Crippen LogP contribution in [0.1, 0.15) is 5.56 Å². The molecule has 2 aromatic rings. The highest BCUT2D eigenvalue weighted by Crippen LogP contribution is 2.28. The number of rotatable bonds is 4. The van der Waals surface area contributed by atoms with Gasteiger partial charge < -0.3 is 10.1 Å². The van der Waals surface area contributed by atoms with Gasteiger partial charge in [-0.05, 0) is 24.7 Å². The van der Waals surface area contributed by atoms with Crippen LogP contribution in [0, 0.1) is 11.6 Å². The van der Waals surface area contributed by atoms with Gasteiger partial charge in [-0.25, -0.2) is 8.78 Å². The van der Waals surface area contributed by atoms with E-state index >= 15 is 0 Å². The van der Waals surface area contributed by atoms with E-state index in [-0.39, 0.29) is 5.75 Å². The van der Waals surface area contributed by atoms with Crippen LogP contribution in [-0.2, 0) is 6.54 Å². The van der Waals surface area contributed by atoms with E-state index in [1.54, 1.807) is 12.1 Å². The van der Waals surface area contributed by atoms with E-state index in [4.69, 9.17) is 4.74 Å². The maximum absolute atomic E-state index is 13.0. The highest BCUT2D eigenvalue weighted by Gasteiger charge is 2.05. The van der Waals surface area contributed by atoms with Crippen molar-refractivity contribution in [2.45, 2.75) is 6.54 Å². The fourth-order valence-electron chi connectivity index (χ4n) is 1.65. The molecular weight excluding hydrogens is 316 g/mol. The summed E-state index contributed by atoms with van der Waals surface area (Å²) in [5.41, 5.74) is 1.07. The summed E-state index contributed by atoms with van der Waals surface area (Å²) in [6, 6.07) is 8.47. The van der Waals surface area contributed by atoms with Gasteiger partial charge in [-0.2, -0.15) is 0 Å². The minimum absolute atomic E-state index is 0.130. The molecule has 0 spiro atoms. The van der Waals surface area contributed by atoms with E-state index in [2.05, 4.69) is 21.2 Å². The summed E-state index contributed by atoms with van der Waals surface area (Å²) >= 11 is 3.42. The monoisotopic (exact) mass is 327 g/mol. The summed E-state index contributed by atoms with van der Waals surface area (Å²) in [6.07, 6.45) is 0. The average Bonchev–Trinajstić information content (AvgIpc) is 2.31. The summed E-state index contributed by atoms with van der Waals surface area (Å²) < 4.78 is 32.4. The Morgan fingerprint density at radius 3 is 2.32 bits per heavy atom. The Bertz CT molecular complexity index is 569. The molecule has 2 aromatic carbocycles. The van der Waals surface area contributed by atoms with Gasteiger partial charge in [0.1, 0.15) is 23.1 Å². The van der Waals surface area contributed by atoms with Gasteiger partial charge in [-0.15, -0.1) is 0 Å². The molecule has 1 N–H and O–H groups in total. The smallest absolute Gasteiger partial charge is 0.133 e. The topological polar surface area (TPSA) is 21.3 Å². The number of hydrogen-bond acceptors (Lipinski definition) is 2. The molecule has 0 saturated heterocycles. The summed E-state index contributed by atoms with van der Waals surface area (Å²) in [6.45, 7) is 0.718. The van der Waals surface area contributed by atoms with Crippen LogP contribution in [0.15, 0.2) is 40.9 Å². The van der Waals surface area contributed by atoms with Crippen LogP contribution < -0.4 is 10.1 Å². The van der Waals surface area contributed by atoms with Crippen LogP contribution in [0.4, 0.5) is 8.78 Å². The van der Waals surface area contributed by atoms with Crippen molar-refractivity contribution in [3.63, 3.8) is 0 Å². The molecule has 2 rings (SSSR count). The predicted molar refractivity (Wildman–Crippen MR) is 73.3 cm³/mol. The lowest BCUT2D eigenvalue weighted by Crippen LogP contribution is -2.05. The number of halogens is 3. The summed E-state index contributed by atoms with van der Waals surface area (Å²) in [5.74, 6) is -0.691. The Hall–Kier alpha value is -1.46. The highest BCUT2D eigenvalue weighted by atomic mass is 79.9. The Kier molecular flexibility index (Phi) is 4.50. The molecular formula is C14H12BrF2NO. The minimum Gasteiger partial charge on any atom is -0.457 e. The first-order valence-corrected chi connectivity index (χ1v) is 6.45. The lowest BCUT2D eigenvalue weighted by atomic mass is 10.2. The van der Waals surface area contributed by atoms with Crippen LogP contribution in [0.3, 0.4) is 0 Å². The second kappa shape index (κ2) is 6.12. The first kappa shape index (κ1) is 14.0. The average molecular weight is 328 g/mol. The molecule has 0 aliphatic carbocycles. The van der Waals surface area contributed by atoms with Crippen LogP contribution in [0.25, 0.3) is 0 Å². The molecule has 0 amide bonds. The van der Waals surface area contributed by atoms with E-state index in [1.165, 1.54) is 0 Å². The molecule has 0 heterocycles. The molecule has 0 aliphatic heterocycles. The molecule has 0 aromatic heterocycles. The van der Waals surface area contributed by atoms with Gasteiger partial charge in [-0.3, -0.25) is 0 Å². The van der Waals surface area contributed by atoms with Crippen LogP contribution >= 0.6 is 15.9 Å². The molecule has 0 saturated carbocycles. The maximum atomic E-state index is 13.0. The zero-order valence-electron chi connectivity index (χ0n) is 10.2. The summed E-state index contributed by atoms with van der Waals surface area (Å²) in [4.78, 5) is 0. The molecule has 0 atom stereocenters. The molecule has 2 nitrogen and oxygen atoms in total. The zero-order chi connectivity index (χ0) is 13.8.